The normalized spacial score (nSPS) is 11.9. The van der Waals surface area contributed by atoms with Gasteiger partial charge in [0.15, 0.2) is 17.6 Å². The van der Waals surface area contributed by atoms with Crippen molar-refractivity contribution in [1.82, 2.24) is 9.78 Å². The van der Waals surface area contributed by atoms with Crippen LogP contribution in [-0.4, -0.2) is 41.5 Å². The van der Waals surface area contributed by atoms with Crippen LogP contribution in [-0.2, 0) is 21.4 Å². The summed E-state index contributed by atoms with van der Waals surface area (Å²) < 4.78 is 17.6. The average Bonchev–Trinajstić information content (AvgIpc) is 2.92. The van der Waals surface area contributed by atoms with E-state index in [-0.39, 0.29) is 0 Å². The van der Waals surface area contributed by atoms with Crippen LogP contribution in [0, 0.1) is 13.8 Å². The van der Waals surface area contributed by atoms with E-state index in [2.05, 4.69) is 10.4 Å². The van der Waals surface area contributed by atoms with Crippen LogP contribution in [0.4, 0.5) is 5.69 Å². The smallest absolute Gasteiger partial charge is 0.331 e. The van der Waals surface area contributed by atoms with Gasteiger partial charge in [0.1, 0.15) is 0 Å². The number of nitrogens with zero attached hydrogens (tertiary/aromatic N) is 2. The zero-order valence-corrected chi connectivity index (χ0v) is 17.6. The molecule has 0 spiro atoms. The van der Waals surface area contributed by atoms with Crippen LogP contribution in [0.1, 0.15) is 30.8 Å². The molecule has 2 aromatic rings. The Labute approximate surface area is 170 Å². The van der Waals surface area contributed by atoms with E-state index < -0.39 is 18.0 Å². The second-order valence-corrected chi connectivity index (χ2v) is 6.41. The van der Waals surface area contributed by atoms with Gasteiger partial charge in [-0.05, 0) is 51.5 Å². The first-order valence-corrected chi connectivity index (χ1v) is 9.27. The molecule has 2 rings (SSSR count). The summed E-state index contributed by atoms with van der Waals surface area (Å²) in [6, 6.07) is 5.30. The highest BCUT2D eigenvalue weighted by molar-refractivity contribution is 5.97. The summed E-state index contributed by atoms with van der Waals surface area (Å²) in [5.74, 6) is 0.147. The third-order valence-corrected chi connectivity index (χ3v) is 4.32. The van der Waals surface area contributed by atoms with Gasteiger partial charge < -0.3 is 19.5 Å². The number of aromatic nitrogens is 2. The monoisotopic (exact) mass is 401 g/mol. The predicted octanol–water partition coefficient (Wildman–Crippen LogP) is 3.03. The molecule has 0 bridgehead atoms. The number of nitrogens with one attached hydrogen (secondary N) is 1. The number of anilines is 1. The molecule has 8 heteroatoms. The molecule has 0 aliphatic carbocycles. The summed E-state index contributed by atoms with van der Waals surface area (Å²) in [4.78, 5) is 24.4. The van der Waals surface area contributed by atoms with Crippen molar-refractivity contribution < 1.29 is 23.8 Å². The Kier molecular flexibility index (Phi) is 7.41. The lowest BCUT2D eigenvalue weighted by Gasteiger charge is -2.12. The second kappa shape index (κ2) is 9.77. The molecular formula is C21H27N3O5. The summed E-state index contributed by atoms with van der Waals surface area (Å²) in [5.41, 5.74) is 2.88. The van der Waals surface area contributed by atoms with E-state index in [9.17, 15) is 9.59 Å². The lowest BCUT2D eigenvalue weighted by atomic mass is 10.2. The van der Waals surface area contributed by atoms with Gasteiger partial charge in [-0.15, -0.1) is 0 Å². The number of carbonyl (C=O) groups is 2. The molecule has 1 aromatic heterocycles. The van der Waals surface area contributed by atoms with Crippen molar-refractivity contribution in [3.8, 4) is 11.5 Å². The van der Waals surface area contributed by atoms with Crippen molar-refractivity contribution in [2.24, 2.45) is 7.05 Å². The van der Waals surface area contributed by atoms with Gasteiger partial charge in [0.2, 0.25) is 0 Å². The van der Waals surface area contributed by atoms with Gasteiger partial charge in [0.05, 0.1) is 30.8 Å². The summed E-state index contributed by atoms with van der Waals surface area (Å²) in [7, 11) is 3.36. The summed E-state index contributed by atoms with van der Waals surface area (Å²) >= 11 is 0. The standard InChI is InChI=1S/C21H27N3O5/c1-7-28-18-12-16(8-10-17(18)27-6)9-11-19(25)29-15(4)21(26)22-20-13(2)23-24(5)14(20)3/h8-12,15H,7H2,1-6H3,(H,22,26)/b11-9+/t15-/m0/s1. The number of benzene rings is 1. The summed E-state index contributed by atoms with van der Waals surface area (Å²) in [6.45, 7) is 7.53. The number of hydrogen-bond acceptors (Lipinski definition) is 6. The number of amides is 1. The summed E-state index contributed by atoms with van der Waals surface area (Å²) in [6.07, 6.45) is 1.90. The molecule has 1 heterocycles. The predicted molar refractivity (Wildman–Crippen MR) is 110 cm³/mol. The molecule has 1 aromatic carbocycles. The maximum Gasteiger partial charge on any atom is 0.331 e. The van der Waals surface area contributed by atoms with Crippen molar-refractivity contribution in [3.63, 3.8) is 0 Å². The number of aryl methyl sites for hydroxylation is 2. The number of esters is 1. The minimum absolute atomic E-state index is 0.422. The Morgan fingerprint density at radius 3 is 2.59 bits per heavy atom. The lowest BCUT2D eigenvalue weighted by molar-refractivity contribution is -0.148. The second-order valence-electron chi connectivity index (χ2n) is 6.41. The highest BCUT2D eigenvalue weighted by atomic mass is 16.5. The van der Waals surface area contributed by atoms with Gasteiger partial charge >= 0.3 is 5.97 Å². The minimum Gasteiger partial charge on any atom is -0.493 e. The molecule has 0 radical (unpaired) electrons. The molecule has 1 atom stereocenters. The van der Waals surface area contributed by atoms with Crippen LogP contribution >= 0.6 is 0 Å². The molecule has 0 aliphatic rings. The lowest BCUT2D eigenvalue weighted by Crippen LogP contribution is -2.29. The van der Waals surface area contributed by atoms with E-state index in [4.69, 9.17) is 14.2 Å². The van der Waals surface area contributed by atoms with E-state index in [1.54, 1.807) is 50.0 Å². The van der Waals surface area contributed by atoms with Gasteiger partial charge in [-0.1, -0.05) is 6.07 Å². The quantitative estimate of drug-likeness (QED) is 0.540. The first kappa shape index (κ1) is 22.0. The van der Waals surface area contributed by atoms with Crippen molar-refractivity contribution in [1.29, 1.82) is 0 Å². The number of rotatable bonds is 8. The van der Waals surface area contributed by atoms with Crippen LogP contribution in [0.5, 0.6) is 11.5 Å². The van der Waals surface area contributed by atoms with E-state index >= 15 is 0 Å². The Morgan fingerprint density at radius 2 is 2.00 bits per heavy atom. The maximum absolute atomic E-state index is 12.3. The SMILES string of the molecule is CCOc1cc(/C=C/C(=O)O[C@@H](C)C(=O)Nc2c(C)nn(C)c2C)ccc1OC. The van der Waals surface area contributed by atoms with Crippen molar-refractivity contribution >= 4 is 23.6 Å². The Balaban J connectivity index is 1.99. The number of methoxy groups -OCH3 is 1. The van der Waals surface area contributed by atoms with Crippen LogP contribution in [0.25, 0.3) is 6.08 Å². The largest absolute Gasteiger partial charge is 0.493 e. The number of ether oxygens (including phenoxy) is 3. The van der Waals surface area contributed by atoms with Crippen molar-refractivity contribution in [3.05, 3.63) is 41.2 Å². The molecule has 29 heavy (non-hydrogen) atoms. The zero-order valence-electron chi connectivity index (χ0n) is 17.6. The van der Waals surface area contributed by atoms with Gasteiger partial charge in [0, 0.05) is 13.1 Å². The van der Waals surface area contributed by atoms with Crippen molar-refractivity contribution in [2.45, 2.75) is 33.8 Å². The minimum atomic E-state index is -0.957. The van der Waals surface area contributed by atoms with Crippen molar-refractivity contribution in [2.75, 3.05) is 19.0 Å². The zero-order chi connectivity index (χ0) is 21.6. The average molecular weight is 401 g/mol. The molecule has 0 saturated carbocycles. The fourth-order valence-electron chi connectivity index (χ4n) is 2.68. The molecule has 0 fully saturated rings. The number of carbonyl (C=O) groups excluding carboxylic acids is 2. The Hall–Kier alpha value is -3.29. The van der Waals surface area contributed by atoms with Crippen LogP contribution < -0.4 is 14.8 Å². The molecule has 0 saturated heterocycles. The highest BCUT2D eigenvalue weighted by Gasteiger charge is 2.20. The fourth-order valence-corrected chi connectivity index (χ4v) is 2.68. The Bertz CT molecular complexity index is 917. The van der Waals surface area contributed by atoms with Crippen LogP contribution in [0.15, 0.2) is 24.3 Å². The van der Waals surface area contributed by atoms with E-state index in [0.717, 1.165) is 11.3 Å². The van der Waals surface area contributed by atoms with E-state index in [1.807, 2.05) is 13.8 Å². The van der Waals surface area contributed by atoms with E-state index in [0.29, 0.717) is 29.5 Å². The molecule has 1 amide bonds. The molecule has 1 N–H and O–H groups in total. The van der Waals surface area contributed by atoms with Crippen LogP contribution in [0.3, 0.4) is 0 Å². The molecule has 0 aliphatic heterocycles. The maximum atomic E-state index is 12.3. The summed E-state index contributed by atoms with van der Waals surface area (Å²) in [5, 5.41) is 7.00. The highest BCUT2D eigenvalue weighted by Crippen LogP contribution is 2.28. The van der Waals surface area contributed by atoms with Crippen LogP contribution in [0.2, 0.25) is 0 Å². The Morgan fingerprint density at radius 1 is 1.28 bits per heavy atom. The van der Waals surface area contributed by atoms with Gasteiger partial charge in [-0.25, -0.2) is 4.79 Å². The number of hydrogen-bond donors (Lipinski definition) is 1. The molecule has 156 valence electrons. The topological polar surface area (TPSA) is 91.7 Å². The van der Waals surface area contributed by atoms with Gasteiger partial charge in [-0.3, -0.25) is 9.48 Å². The molecule has 8 nitrogen and oxygen atoms in total. The van der Waals surface area contributed by atoms with E-state index in [1.165, 1.54) is 13.0 Å². The first-order valence-electron chi connectivity index (χ1n) is 9.27. The van der Waals surface area contributed by atoms with Gasteiger partial charge in [0.25, 0.3) is 5.91 Å². The molecule has 0 unspecified atom stereocenters. The van der Waals surface area contributed by atoms with Gasteiger partial charge in [-0.2, -0.15) is 5.10 Å². The first-order chi connectivity index (χ1) is 13.8. The molecular weight excluding hydrogens is 374 g/mol. The third-order valence-electron chi connectivity index (χ3n) is 4.32. The fraction of sp³-hybridized carbons (Fsp3) is 0.381. The third kappa shape index (κ3) is 5.60.